The Labute approximate surface area is 173 Å². The number of benzene rings is 1. The SMILES string of the molecule is FC(F)(F)c1ccccc1Cc1cccc([C@H]2CN(Cc3cccnc3)CCO2)n1. The van der Waals surface area contributed by atoms with E-state index in [0.717, 1.165) is 30.4 Å². The Bertz CT molecular complexity index is 979. The molecular formula is C23H22F3N3O. The maximum absolute atomic E-state index is 13.3. The molecule has 0 aliphatic carbocycles. The molecule has 156 valence electrons. The van der Waals surface area contributed by atoms with Crippen LogP contribution >= 0.6 is 0 Å². The topological polar surface area (TPSA) is 38.2 Å². The fourth-order valence-electron chi connectivity index (χ4n) is 3.70. The number of aromatic nitrogens is 2. The Morgan fingerprint density at radius 3 is 2.70 bits per heavy atom. The first-order valence-electron chi connectivity index (χ1n) is 9.83. The molecule has 4 rings (SSSR count). The average molecular weight is 413 g/mol. The fourth-order valence-corrected chi connectivity index (χ4v) is 3.70. The minimum atomic E-state index is -4.38. The van der Waals surface area contributed by atoms with E-state index in [1.165, 1.54) is 12.1 Å². The van der Waals surface area contributed by atoms with Crippen molar-refractivity contribution < 1.29 is 17.9 Å². The van der Waals surface area contributed by atoms with Gasteiger partial charge in [0.1, 0.15) is 6.10 Å². The van der Waals surface area contributed by atoms with Crippen molar-refractivity contribution in [3.63, 3.8) is 0 Å². The van der Waals surface area contributed by atoms with E-state index in [1.54, 1.807) is 18.3 Å². The number of halogens is 3. The molecule has 1 aliphatic heterocycles. The van der Waals surface area contributed by atoms with Crippen molar-refractivity contribution >= 4 is 0 Å². The molecule has 4 nitrogen and oxygen atoms in total. The smallest absolute Gasteiger partial charge is 0.369 e. The first-order chi connectivity index (χ1) is 14.5. The summed E-state index contributed by atoms with van der Waals surface area (Å²) in [7, 11) is 0. The van der Waals surface area contributed by atoms with Crippen LogP contribution in [-0.4, -0.2) is 34.6 Å². The van der Waals surface area contributed by atoms with Crippen LogP contribution in [0.3, 0.4) is 0 Å². The van der Waals surface area contributed by atoms with Crippen molar-refractivity contribution in [2.24, 2.45) is 0 Å². The first kappa shape index (κ1) is 20.5. The molecule has 0 saturated carbocycles. The van der Waals surface area contributed by atoms with Gasteiger partial charge in [-0.05, 0) is 35.4 Å². The Balaban J connectivity index is 1.48. The lowest BCUT2D eigenvalue weighted by Crippen LogP contribution is -2.38. The van der Waals surface area contributed by atoms with Crippen LogP contribution in [0, 0.1) is 0 Å². The number of alkyl halides is 3. The summed E-state index contributed by atoms with van der Waals surface area (Å²) in [4.78, 5) is 11.1. The van der Waals surface area contributed by atoms with Gasteiger partial charge in [0.15, 0.2) is 0 Å². The fraction of sp³-hybridized carbons (Fsp3) is 0.304. The van der Waals surface area contributed by atoms with E-state index in [9.17, 15) is 13.2 Å². The van der Waals surface area contributed by atoms with Crippen LogP contribution in [0.2, 0.25) is 0 Å². The highest BCUT2D eigenvalue weighted by molar-refractivity contribution is 5.33. The van der Waals surface area contributed by atoms with Gasteiger partial charge < -0.3 is 4.74 Å². The van der Waals surface area contributed by atoms with Gasteiger partial charge in [-0.15, -0.1) is 0 Å². The molecule has 0 amide bonds. The van der Waals surface area contributed by atoms with Gasteiger partial charge in [0.2, 0.25) is 0 Å². The van der Waals surface area contributed by atoms with E-state index in [0.29, 0.717) is 18.8 Å². The Morgan fingerprint density at radius 2 is 1.90 bits per heavy atom. The van der Waals surface area contributed by atoms with E-state index >= 15 is 0 Å². The number of ether oxygens (including phenoxy) is 1. The second-order valence-corrected chi connectivity index (χ2v) is 7.34. The zero-order chi connectivity index (χ0) is 21.0. The molecule has 1 fully saturated rings. The Hall–Kier alpha value is -2.77. The number of hydrogen-bond donors (Lipinski definition) is 0. The third-order valence-corrected chi connectivity index (χ3v) is 5.13. The molecule has 30 heavy (non-hydrogen) atoms. The molecule has 7 heteroatoms. The highest BCUT2D eigenvalue weighted by Crippen LogP contribution is 2.33. The summed E-state index contributed by atoms with van der Waals surface area (Å²) >= 11 is 0. The van der Waals surface area contributed by atoms with Gasteiger partial charge in [0, 0.05) is 44.1 Å². The van der Waals surface area contributed by atoms with Gasteiger partial charge >= 0.3 is 6.18 Å². The van der Waals surface area contributed by atoms with Crippen molar-refractivity contribution in [2.75, 3.05) is 19.7 Å². The second-order valence-electron chi connectivity index (χ2n) is 7.34. The number of pyridine rings is 2. The summed E-state index contributed by atoms with van der Waals surface area (Å²) in [6.45, 7) is 2.83. The zero-order valence-electron chi connectivity index (χ0n) is 16.3. The molecule has 1 aromatic carbocycles. The number of hydrogen-bond acceptors (Lipinski definition) is 4. The lowest BCUT2D eigenvalue weighted by Gasteiger charge is -2.32. The molecule has 0 N–H and O–H groups in total. The molecule has 0 radical (unpaired) electrons. The predicted molar refractivity (Wildman–Crippen MR) is 107 cm³/mol. The predicted octanol–water partition coefficient (Wildman–Crippen LogP) is 4.66. The minimum Gasteiger partial charge on any atom is -0.369 e. The number of morpholine rings is 1. The summed E-state index contributed by atoms with van der Waals surface area (Å²) in [5, 5.41) is 0. The van der Waals surface area contributed by atoms with Crippen LogP contribution in [0.4, 0.5) is 13.2 Å². The summed E-state index contributed by atoms with van der Waals surface area (Å²) in [6, 6.07) is 15.1. The first-order valence-corrected chi connectivity index (χ1v) is 9.83. The normalized spacial score (nSPS) is 17.8. The minimum absolute atomic E-state index is 0.121. The quantitative estimate of drug-likeness (QED) is 0.610. The van der Waals surface area contributed by atoms with Crippen molar-refractivity contribution in [1.82, 2.24) is 14.9 Å². The maximum atomic E-state index is 13.3. The highest BCUT2D eigenvalue weighted by atomic mass is 19.4. The van der Waals surface area contributed by atoms with Gasteiger partial charge in [-0.3, -0.25) is 14.9 Å². The number of rotatable bonds is 5. The maximum Gasteiger partial charge on any atom is 0.416 e. The molecule has 1 aliphatic rings. The van der Waals surface area contributed by atoms with Crippen molar-refractivity contribution in [2.45, 2.75) is 25.2 Å². The molecule has 1 atom stereocenters. The Kier molecular flexibility index (Phi) is 6.11. The third-order valence-electron chi connectivity index (χ3n) is 5.13. The molecule has 1 saturated heterocycles. The molecule has 0 unspecified atom stereocenters. The van der Waals surface area contributed by atoms with E-state index in [-0.39, 0.29) is 18.1 Å². The summed E-state index contributed by atoms with van der Waals surface area (Å²) < 4.78 is 45.8. The van der Waals surface area contributed by atoms with E-state index in [1.807, 2.05) is 30.5 Å². The third kappa shape index (κ3) is 5.04. The largest absolute Gasteiger partial charge is 0.416 e. The average Bonchev–Trinajstić information content (AvgIpc) is 2.75. The van der Waals surface area contributed by atoms with Gasteiger partial charge in [-0.25, -0.2) is 0 Å². The van der Waals surface area contributed by atoms with Gasteiger partial charge in [0.25, 0.3) is 0 Å². The van der Waals surface area contributed by atoms with Crippen molar-refractivity contribution in [1.29, 1.82) is 0 Å². The van der Waals surface area contributed by atoms with Crippen molar-refractivity contribution in [3.8, 4) is 0 Å². The standard InChI is InChI=1S/C23H22F3N3O/c24-23(25,26)20-8-2-1-6-18(20)13-19-7-3-9-21(28-19)22-16-29(11-12-30-22)15-17-5-4-10-27-14-17/h1-10,14,22H,11-13,15-16H2/t22-/m1/s1. The van der Waals surface area contributed by atoms with Crippen LogP contribution in [0.25, 0.3) is 0 Å². The summed E-state index contributed by atoms with van der Waals surface area (Å²) in [5.74, 6) is 0. The molecule has 2 aromatic heterocycles. The molecule has 3 aromatic rings. The molecule has 0 spiro atoms. The van der Waals surface area contributed by atoms with E-state index in [4.69, 9.17) is 4.74 Å². The van der Waals surface area contributed by atoms with Crippen LogP contribution in [0.15, 0.2) is 67.0 Å². The second kappa shape index (κ2) is 8.93. The highest BCUT2D eigenvalue weighted by Gasteiger charge is 2.33. The molecule has 3 heterocycles. The molecular weight excluding hydrogens is 391 g/mol. The van der Waals surface area contributed by atoms with Crippen LogP contribution in [0.1, 0.15) is 34.2 Å². The van der Waals surface area contributed by atoms with Gasteiger partial charge in [-0.2, -0.15) is 13.2 Å². The zero-order valence-corrected chi connectivity index (χ0v) is 16.3. The molecule has 0 bridgehead atoms. The summed E-state index contributed by atoms with van der Waals surface area (Å²) in [6.07, 6.45) is -0.879. The van der Waals surface area contributed by atoms with E-state index in [2.05, 4.69) is 14.9 Å². The van der Waals surface area contributed by atoms with Crippen LogP contribution in [-0.2, 0) is 23.9 Å². The summed E-state index contributed by atoms with van der Waals surface area (Å²) in [5.41, 5.74) is 2.07. The number of nitrogens with zero attached hydrogens (tertiary/aromatic N) is 3. The Morgan fingerprint density at radius 1 is 1.03 bits per heavy atom. The van der Waals surface area contributed by atoms with E-state index < -0.39 is 11.7 Å². The van der Waals surface area contributed by atoms with Gasteiger partial charge in [-0.1, -0.05) is 30.3 Å². The lowest BCUT2D eigenvalue weighted by atomic mass is 10.0. The van der Waals surface area contributed by atoms with Crippen LogP contribution < -0.4 is 0 Å². The van der Waals surface area contributed by atoms with Crippen molar-refractivity contribution in [3.05, 3.63) is 95.1 Å². The van der Waals surface area contributed by atoms with Crippen LogP contribution in [0.5, 0.6) is 0 Å². The lowest BCUT2D eigenvalue weighted by molar-refractivity contribution is -0.138. The van der Waals surface area contributed by atoms with Gasteiger partial charge in [0.05, 0.1) is 17.9 Å². The monoisotopic (exact) mass is 413 g/mol.